The van der Waals surface area contributed by atoms with Crippen molar-refractivity contribution in [3.8, 4) is 0 Å². The van der Waals surface area contributed by atoms with Gasteiger partial charge in [-0.05, 0) is 12.0 Å². The lowest BCUT2D eigenvalue weighted by molar-refractivity contribution is -0.113. The molecule has 2 rings (SSSR count). The van der Waals surface area contributed by atoms with Gasteiger partial charge in [-0.2, -0.15) is 5.10 Å². The number of aromatic carboxylic acids is 1. The number of nitrogens with zero attached hydrogens (tertiary/aromatic N) is 2. The van der Waals surface area contributed by atoms with Crippen LogP contribution in [0.1, 0.15) is 15.9 Å². The Morgan fingerprint density at radius 3 is 2.62 bits per heavy atom. The Hall–Kier alpha value is -2.15. The monoisotopic (exact) mass is 351 g/mol. The van der Waals surface area contributed by atoms with Crippen molar-refractivity contribution in [1.29, 1.82) is 0 Å². The molecule has 21 heavy (non-hydrogen) atoms. The van der Waals surface area contributed by atoms with Crippen LogP contribution >= 0.6 is 15.9 Å². The van der Waals surface area contributed by atoms with Gasteiger partial charge in [0, 0.05) is 6.54 Å². The number of benzene rings is 1. The number of rotatable bonds is 6. The van der Waals surface area contributed by atoms with Crippen molar-refractivity contribution in [3.63, 3.8) is 0 Å². The summed E-state index contributed by atoms with van der Waals surface area (Å²) in [5, 5.41) is 15.8. The predicted molar refractivity (Wildman–Crippen MR) is 81.8 cm³/mol. The Labute approximate surface area is 129 Å². The molecule has 0 atom stereocenters. The van der Waals surface area contributed by atoms with Crippen LogP contribution < -0.4 is 5.32 Å². The highest BCUT2D eigenvalue weighted by Crippen LogP contribution is 2.16. The minimum atomic E-state index is -1.12. The first-order valence-corrected chi connectivity index (χ1v) is 7.43. The van der Waals surface area contributed by atoms with Gasteiger partial charge in [0.2, 0.25) is 5.91 Å². The summed E-state index contributed by atoms with van der Waals surface area (Å²) in [6, 6.07) is 9.78. The van der Waals surface area contributed by atoms with Crippen molar-refractivity contribution in [2.24, 2.45) is 0 Å². The number of halogens is 1. The summed E-state index contributed by atoms with van der Waals surface area (Å²) in [5.41, 5.74) is 1.10. The van der Waals surface area contributed by atoms with Gasteiger partial charge < -0.3 is 10.4 Å². The maximum absolute atomic E-state index is 11.5. The van der Waals surface area contributed by atoms with Crippen LogP contribution in [0.2, 0.25) is 0 Å². The number of carboxylic acids is 1. The van der Waals surface area contributed by atoms with E-state index in [4.69, 9.17) is 5.11 Å². The molecule has 0 fully saturated rings. The van der Waals surface area contributed by atoms with Crippen LogP contribution in [0, 0.1) is 0 Å². The summed E-state index contributed by atoms with van der Waals surface area (Å²) in [4.78, 5) is 22.7. The highest BCUT2D eigenvalue weighted by atomic mass is 79.9. The van der Waals surface area contributed by atoms with Crippen LogP contribution in [-0.4, -0.2) is 32.1 Å². The van der Waals surface area contributed by atoms with Crippen LogP contribution in [0.25, 0.3) is 0 Å². The number of aryl methyl sites for hydroxylation is 2. The first kappa shape index (κ1) is 15.2. The van der Waals surface area contributed by atoms with E-state index >= 15 is 0 Å². The standard InChI is InChI=1S/C14H14BrN3O3/c15-8-12(19)17-13-11(14(20)21)9-16-18(13)7-6-10-4-2-1-3-5-10/h1-5,9H,6-8H2,(H,17,19)(H,20,21). The van der Waals surface area contributed by atoms with E-state index in [9.17, 15) is 9.59 Å². The van der Waals surface area contributed by atoms with Crippen LogP contribution in [0.15, 0.2) is 36.5 Å². The second-order valence-corrected chi connectivity index (χ2v) is 4.91. The Morgan fingerprint density at radius 1 is 1.29 bits per heavy atom. The number of amides is 1. The molecule has 0 aliphatic rings. The molecule has 0 radical (unpaired) electrons. The van der Waals surface area contributed by atoms with Crippen LogP contribution in [-0.2, 0) is 17.8 Å². The lowest BCUT2D eigenvalue weighted by atomic mass is 10.1. The van der Waals surface area contributed by atoms with Crippen molar-refractivity contribution in [2.45, 2.75) is 13.0 Å². The fraction of sp³-hybridized carbons (Fsp3) is 0.214. The van der Waals surface area contributed by atoms with E-state index in [2.05, 4.69) is 26.3 Å². The summed E-state index contributed by atoms with van der Waals surface area (Å²) in [5.74, 6) is -1.23. The molecule has 2 N–H and O–H groups in total. The number of hydrogen-bond acceptors (Lipinski definition) is 3. The van der Waals surface area contributed by atoms with E-state index < -0.39 is 5.97 Å². The molecule has 0 saturated carbocycles. The third kappa shape index (κ3) is 3.91. The smallest absolute Gasteiger partial charge is 0.341 e. The number of nitrogens with one attached hydrogen (secondary N) is 1. The number of carbonyl (C=O) groups excluding carboxylic acids is 1. The number of carboxylic acid groups (broad SMARTS) is 1. The molecule has 0 aliphatic heterocycles. The highest BCUT2D eigenvalue weighted by molar-refractivity contribution is 9.09. The number of alkyl halides is 1. The fourth-order valence-corrected chi connectivity index (χ4v) is 2.03. The zero-order valence-corrected chi connectivity index (χ0v) is 12.7. The van der Waals surface area contributed by atoms with Crippen molar-refractivity contribution in [2.75, 3.05) is 10.6 Å². The van der Waals surface area contributed by atoms with E-state index in [1.54, 1.807) is 0 Å². The molecule has 0 bridgehead atoms. The normalized spacial score (nSPS) is 10.3. The molecular formula is C14H14BrN3O3. The van der Waals surface area contributed by atoms with Crippen molar-refractivity contribution >= 4 is 33.6 Å². The van der Waals surface area contributed by atoms with E-state index in [0.29, 0.717) is 13.0 Å². The topological polar surface area (TPSA) is 84.2 Å². The lowest BCUT2D eigenvalue weighted by Crippen LogP contribution is -2.19. The van der Waals surface area contributed by atoms with Gasteiger partial charge in [0.25, 0.3) is 0 Å². The van der Waals surface area contributed by atoms with Gasteiger partial charge in [0.1, 0.15) is 11.4 Å². The molecule has 1 aromatic carbocycles. The summed E-state index contributed by atoms with van der Waals surface area (Å²) in [7, 11) is 0. The van der Waals surface area contributed by atoms with Gasteiger partial charge in [0.05, 0.1) is 11.5 Å². The highest BCUT2D eigenvalue weighted by Gasteiger charge is 2.18. The Bertz CT molecular complexity index is 640. The molecule has 6 nitrogen and oxygen atoms in total. The first-order chi connectivity index (χ1) is 10.1. The fourth-order valence-electron chi connectivity index (χ4n) is 1.89. The van der Waals surface area contributed by atoms with Gasteiger partial charge in [-0.1, -0.05) is 46.3 Å². The number of aromatic nitrogens is 2. The Balaban J connectivity index is 2.18. The van der Waals surface area contributed by atoms with Crippen LogP contribution in [0.4, 0.5) is 5.82 Å². The summed E-state index contributed by atoms with van der Waals surface area (Å²) < 4.78 is 1.50. The average Bonchev–Trinajstić information content (AvgIpc) is 2.89. The molecule has 1 aromatic heterocycles. The van der Waals surface area contributed by atoms with Crippen molar-refractivity contribution < 1.29 is 14.7 Å². The molecule has 0 aliphatic carbocycles. The molecule has 0 saturated heterocycles. The van der Waals surface area contributed by atoms with Gasteiger partial charge in [-0.25, -0.2) is 9.48 Å². The zero-order valence-electron chi connectivity index (χ0n) is 11.1. The third-order valence-electron chi connectivity index (χ3n) is 2.90. The van der Waals surface area contributed by atoms with E-state index in [-0.39, 0.29) is 22.6 Å². The summed E-state index contributed by atoms with van der Waals surface area (Å²) in [6.07, 6.45) is 1.94. The van der Waals surface area contributed by atoms with Gasteiger partial charge in [0.15, 0.2) is 0 Å². The van der Waals surface area contributed by atoms with Gasteiger partial charge >= 0.3 is 5.97 Å². The largest absolute Gasteiger partial charge is 0.477 e. The SMILES string of the molecule is O=C(CBr)Nc1c(C(=O)O)cnn1CCc1ccccc1. The molecule has 0 spiro atoms. The zero-order chi connectivity index (χ0) is 15.2. The maximum atomic E-state index is 11.5. The minimum absolute atomic E-state index is 0.0163. The Morgan fingerprint density at radius 2 is 2.00 bits per heavy atom. The quantitative estimate of drug-likeness (QED) is 0.781. The summed E-state index contributed by atoms with van der Waals surface area (Å²) in [6.45, 7) is 0.481. The van der Waals surface area contributed by atoms with Gasteiger partial charge in [-0.3, -0.25) is 4.79 Å². The molecular weight excluding hydrogens is 338 g/mol. The van der Waals surface area contributed by atoms with Crippen LogP contribution in [0.5, 0.6) is 0 Å². The first-order valence-electron chi connectivity index (χ1n) is 6.30. The molecule has 110 valence electrons. The van der Waals surface area contributed by atoms with Crippen molar-refractivity contribution in [1.82, 2.24) is 9.78 Å². The third-order valence-corrected chi connectivity index (χ3v) is 3.41. The number of carbonyl (C=O) groups is 2. The second-order valence-electron chi connectivity index (χ2n) is 4.35. The number of anilines is 1. The number of hydrogen-bond donors (Lipinski definition) is 2. The Kier molecular flexibility index (Phi) is 5.10. The minimum Gasteiger partial charge on any atom is -0.477 e. The molecule has 2 aromatic rings. The van der Waals surface area contributed by atoms with E-state index in [0.717, 1.165) is 5.56 Å². The molecule has 1 heterocycles. The lowest BCUT2D eigenvalue weighted by Gasteiger charge is -2.09. The van der Waals surface area contributed by atoms with Gasteiger partial charge in [-0.15, -0.1) is 0 Å². The van der Waals surface area contributed by atoms with E-state index in [1.807, 2.05) is 30.3 Å². The molecule has 1 amide bonds. The molecule has 7 heteroatoms. The average molecular weight is 352 g/mol. The van der Waals surface area contributed by atoms with Crippen molar-refractivity contribution in [3.05, 3.63) is 47.7 Å². The maximum Gasteiger partial charge on any atom is 0.341 e. The second kappa shape index (κ2) is 7.03. The van der Waals surface area contributed by atoms with E-state index in [1.165, 1.54) is 10.9 Å². The van der Waals surface area contributed by atoms with Crippen LogP contribution in [0.3, 0.4) is 0 Å². The predicted octanol–water partition coefficient (Wildman–Crippen LogP) is 2.16. The molecule has 0 unspecified atom stereocenters. The summed E-state index contributed by atoms with van der Waals surface area (Å²) >= 11 is 3.03.